The molecule has 3 nitrogen and oxygen atoms in total. The monoisotopic (exact) mass is 366 g/mol. The normalized spacial score (nSPS) is 25.6. The number of rotatable bonds is 10. The van der Waals surface area contributed by atoms with E-state index in [9.17, 15) is 9.90 Å². The third-order valence-corrected chi connectivity index (χ3v) is 10.2. The summed E-state index contributed by atoms with van der Waals surface area (Å²) in [7, 11) is -1.84. The van der Waals surface area contributed by atoms with Crippen LogP contribution in [-0.4, -0.2) is 31.9 Å². The van der Waals surface area contributed by atoms with Gasteiger partial charge in [0.15, 0.2) is 8.32 Å². The average molecular weight is 367 g/mol. The van der Waals surface area contributed by atoms with Gasteiger partial charge in [-0.25, -0.2) is 0 Å². The van der Waals surface area contributed by atoms with Crippen molar-refractivity contribution in [1.82, 2.24) is 0 Å². The zero-order valence-electron chi connectivity index (χ0n) is 17.0. The van der Waals surface area contributed by atoms with Crippen molar-refractivity contribution in [1.29, 1.82) is 0 Å². The Labute approximate surface area is 155 Å². The van der Waals surface area contributed by atoms with Crippen molar-refractivity contribution in [3.05, 3.63) is 24.3 Å². The molecule has 0 saturated carbocycles. The molecule has 1 rings (SSSR count). The Bertz CT molecular complexity index is 462. The number of aliphatic hydroxyl groups excluding tert-OH is 1. The minimum atomic E-state index is -1.84. The molecule has 0 heterocycles. The van der Waals surface area contributed by atoms with Gasteiger partial charge in [-0.2, -0.15) is 0 Å². The van der Waals surface area contributed by atoms with Gasteiger partial charge in [-0.1, -0.05) is 71.3 Å². The maximum absolute atomic E-state index is 10.9. The van der Waals surface area contributed by atoms with E-state index >= 15 is 0 Å². The second-order valence-corrected chi connectivity index (χ2v) is 13.6. The van der Waals surface area contributed by atoms with Crippen molar-refractivity contribution >= 4 is 14.6 Å². The molecule has 0 aromatic rings. The first-order valence-electron chi connectivity index (χ1n) is 9.78. The van der Waals surface area contributed by atoms with Gasteiger partial charge < -0.3 is 14.3 Å². The second-order valence-electron chi connectivity index (χ2n) is 8.82. The fourth-order valence-corrected chi connectivity index (χ4v) is 4.27. The van der Waals surface area contributed by atoms with E-state index < -0.39 is 14.4 Å². The van der Waals surface area contributed by atoms with E-state index in [4.69, 9.17) is 4.43 Å². The molecule has 4 atom stereocenters. The van der Waals surface area contributed by atoms with Crippen LogP contribution >= 0.6 is 0 Å². The van der Waals surface area contributed by atoms with Gasteiger partial charge in [-0.3, -0.25) is 0 Å². The van der Waals surface area contributed by atoms with Crippen LogP contribution in [0.4, 0.5) is 0 Å². The molecule has 0 aromatic heterocycles. The number of aldehydes is 1. The zero-order valence-corrected chi connectivity index (χ0v) is 18.0. The first-order chi connectivity index (χ1) is 11.6. The van der Waals surface area contributed by atoms with Crippen LogP contribution in [0.25, 0.3) is 0 Å². The largest absolute Gasteiger partial charge is 0.411 e. The van der Waals surface area contributed by atoms with E-state index in [2.05, 4.69) is 52.9 Å². The summed E-state index contributed by atoms with van der Waals surface area (Å²) < 4.78 is 6.62. The highest BCUT2D eigenvalue weighted by Crippen LogP contribution is 2.38. The third kappa shape index (κ3) is 6.84. The predicted octanol–water partition coefficient (Wildman–Crippen LogP) is 5.27. The Morgan fingerprint density at radius 2 is 1.92 bits per heavy atom. The van der Waals surface area contributed by atoms with E-state index in [1.165, 1.54) is 12.8 Å². The van der Waals surface area contributed by atoms with E-state index in [1.807, 2.05) is 12.2 Å². The minimum absolute atomic E-state index is 0.0121. The van der Waals surface area contributed by atoms with Gasteiger partial charge in [-0.05, 0) is 30.5 Å². The van der Waals surface area contributed by atoms with Gasteiger partial charge in [0, 0.05) is 12.3 Å². The van der Waals surface area contributed by atoms with Crippen LogP contribution in [0.3, 0.4) is 0 Å². The van der Waals surface area contributed by atoms with E-state index in [1.54, 1.807) is 0 Å². The van der Waals surface area contributed by atoms with Crippen LogP contribution in [0, 0.1) is 11.8 Å². The fourth-order valence-electron chi connectivity index (χ4n) is 2.97. The number of hydrogen-bond donors (Lipinski definition) is 1. The van der Waals surface area contributed by atoms with Gasteiger partial charge in [0.25, 0.3) is 0 Å². The summed E-state index contributed by atoms with van der Waals surface area (Å²) in [5, 5.41) is 10.4. The molecular weight excluding hydrogens is 328 g/mol. The van der Waals surface area contributed by atoms with Crippen molar-refractivity contribution in [2.75, 3.05) is 0 Å². The van der Waals surface area contributed by atoms with Gasteiger partial charge in [-0.15, -0.1) is 0 Å². The zero-order chi connectivity index (χ0) is 19.1. The number of hydrogen-bond acceptors (Lipinski definition) is 3. The highest BCUT2D eigenvalue weighted by atomic mass is 28.4. The molecule has 0 aliphatic heterocycles. The fraction of sp³-hybridized carbons (Fsp3) is 0.762. The van der Waals surface area contributed by atoms with Gasteiger partial charge in [0.1, 0.15) is 6.29 Å². The van der Waals surface area contributed by atoms with E-state index in [0.717, 1.165) is 19.1 Å². The number of carbonyl (C=O) groups is 1. The summed E-state index contributed by atoms with van der Waals surface area (Å²) in [6.45, 7) is 13.6. The molecule has 4 heteroatoms. The Balaban J connectivity index is 2.83. The van der Waals surface area contributed by atoms with Crippen LogP contribution < -0.4 is 0 Å². The number of aliphatic hydroxyl groups is 1. The number of unbranched alkanes of at least 4 members (excludes halogenated alkanes) is 2. The highest BCUT2D eigenvalue weighted by molar-refractivity contribution is 6.74. The Hall–Kier alpha value is -0.713. The molecule has 0 amide bonds. The maximum Gasteiger partial charge on any atom is 0.192 e. The average Bonchev–Trinajstić information content (AvgIpc) is 2.84. The molecule has 1 aliphatic rings. The molecule has 0 aromatic carbocycles. The predicted molar refractivity (Wildman–Crippen MR) is 108 cm³/mol. The highest BCUT2D eigenvalue weighted by Gasteiger charge is 2.38. The van der Waals surface area contributed by atoms with Crippen LogP contribution in [0.5, 0.6) is 0 Å². The smallest absolute Gasteiger partial charge is 0.192 e. The Morgan fingerprint density at radius 1 is 1.24 bits per heavy atom. The summed E-state index contributed by atoms with van der Waals surface area (Å²) in [6, 6.07) is 0. The van der Waals surface area contributed by atoms with Crippen LogP contribution in [-0.2, 0) is 9.22 Å². The van der Waals surface area contributed by atoms with Gasteiger partial charge in [0.2, 0.25) is 0 Å². The van der Waals surface area contributed by atoms with Gasteiger partial charge in [0.05, 0.1) is 12.2 Å². The Kier molecular flexibility index (Phi) is 8.79. The van der Waals surface area contributed by atoms with Crippen molar-refractivity contribution in [3.63, 3.8) is 0 Å². The lowest BCUT2D eigenvalue weighted by Crippen LogP contribution is -2.43. The lowest BCUT2D eigenvalue weighted by atomic mass is 9.90. The van der Waals surface area contributed by atoms with Crippen molar-refractivity contribution in [3.8, 4) is 0 Å². The molecule has 0 radical (unpaired) electrons. The van der Waals surface area contributed by atoms with E-state index in [-0.39, 0.29) is 23.0 Å². The molecule has 1 N–H and O–H groups in total. The molecule has 144 valence electrons. The topological polar surface area (TPSA) is 46.5 Å². The molecular formula is C21H38O3Si. The maximum atomic E-state index is 10.9. The van der Waals surface area contributed by atoms with Crippen LogP contribution in [0.15, 0.2) is 24.3 Å². The lowest BCUT2D eigenvalue weighted by Gasteiger charge is -2.39. The first-order valence-corrected chi connectivity index (χ1v) is 12.7. The molecule has 0 fully saturated rings. The summed E-state index contributed by atoms with van der Waals surface area (Å²) in [5.41, 5.74) is 0. The third-order valence-electron chi connectivity index (χ3n) is 5.70. The number of allylic oxidation sites excluding steroid dienone is 1. The molecule has 0 saturated heterocycles. The number of carbonyl (C=O) groups excluding carboxylic acids is 1. The summed E-state index contributed by atoms with van der Waals surface area (Å²) in [5.74, 6) is 0.0924. The molecule has 0 unspecified atom stereocenters. The van der Waals surface area contributed by atoms with Crippen molar-refractivity contribution in [2.24, 2.45) is 11.8 Å². The summed E-state index contributed by atoms with van der Waals surface area (Å²) in [6.07, 6.45) is 13.6. The first kappa shape index (κ1) is 22.3. The Morgan fingerprint density at radius 3 is 2.48 bits per heavy atom. The standard InChI is InChI=1S/C21H38O3Si/c1-7-8-9-10-18(24-25(5,6)21(2,3)4)12-13-19-17(15-16-22)11-14-20(19)23/h11-14,16-20,23H,7-10,15H2,1-6H3/b13-12+/t17-,18+,19-,20-/m0/s1. The molecule has 0 bridgehead atoms. The minimum Gasteiger partial charge on any atom is -0.411 e. The SMILES string of the molecule is CCCCC[C@H](/C=C/[C@@H]1[C@@H](O)C=C[C@H]1CC=O)O[Si](C)(C)C(C)(C)C. The lowest BCUT2D eigenvalue weighted by molar-refractivity contribution is -0.108. The van der Waals surface area contributed by atoms with Gasteiger partial charge >= 0.3 is 0 Å². The molecule has 25 heavy (non-hydrogen) atoms. The van der Waals surface area contributed by atoms with Crippen LogP contribution in [0.2, 0.25) is 18.1 Å². The molecule has 0 spiro atoms. The van der Waals surface area contributed by atoms with Crippen molar-refractivity contribution in [2.45, 2.75) is 90.1 Å². The van der Waals surface area contributed by atoms with E-state index in [0.29, 0.717) is 6.42 Å². The summed E-state index contributed by atoms with van der Waals surface area (Å²) >= 11 is 0. The summed E-state index contributed by atoms with van der Waals surface area (Å²) in [4.78, 5) is 10.9. The molecule has 1 aliphatic carbocycles. The quantitative estimate of drug-likeness (QED) is 0.248. The van der Waals surface area contributed by atoms with Crippen molar-refractivity contribution < 1.29 is 14.3 Å². The second kappa shape index (κ2) is 9.84. The van der Waals surface area contributed by atoms with Crippen LogP contribution in [0.1, 0.15) is 59.8 Å².